The molecule has 2 heterocycles. The molecule has 1 N–H and O–H groups in total. The first kappa shape index (κ1) is 21.9. The number of benzene rings is 1. The van der Waals surface area contributed by atoms with Crippen molar-refractivity contribution in [3.05, 3.63) is 45.1 Å². The fourth-order valence-electron chi connectivity index (χ4n) is 3.58. The van der Waals surface area contributed by atoms with E-state index < -0.39 is 12.0 Å². The number of nitrogens with one attached hydrogen (secondary N) is 1. The Morgan fingerprint density at radius 3 is 2.52 bits per heavy atom. The number of nitrogens with zero attached hydrogens (tertiary/aromatic N) is 3. The Balaban J connectivity index is 2.05. The van der Waals surface area contributed by atoms with Crippen molar-refractivity contribution in [1.29, 1.82) is 0 Å². The monoisotopic (exact) mass is 440 g/mol. The van der Waals surface area contributed by atoms with E-state index in [0.29, 0.717) is 33.4 Å². The van der Waals surface area contributed by atoms with Crippen LogP contribution in [0, 0.1) is 0 Å². The first-order chi connectivity index (χ1) is 13.8. The Kier molecular flexibility index (Phi) is 7.05. The van der Waals surface area contributed by atoms with Crippen LogP contribution < -0.4 is 5.32 Å². The maximum atomic E-state index is 13.0. The molecule has 0 unspecified atom stereocenters. The molecule has 1 saturated heterocycles. The van der Waals surface area contributed by atoms with Gasteiger partial charge in [-0.3, -0.25) is 9.80 Å². The van der Waals surface area contributed by atoms with Crippen molar-refractivity contribution in [1.82, 2.24) is 20.0 Å². The predicted octanol–water partition coefficient (Wildman–Crippen LogP) is 2.75. The maximum Gasteiger partial charge on any atom is 0.338 e. The van der Waals surface area contributed by atoms with Crippen molar-refractivity contribution >= 4 is 35.2 Å². The predicted molar refractivity (Wildman–Crippen MR) is 113 cm³/mol. The molecule has 0 radical (unpaired) electrons. The standard InChI is InChI=1S/C20H26Cl2N4O3/c1-4-29-19(27)17-16(12-26-9-7-24(2)8-10-26)25(3)20(28)23-18(17)14-6-5-13(21)11-15(14)22/h5-6,11,18H,4,7-10,12H2,1-3H3,(H,23,28)/t18-/m1/s1. The van der Waals surface area contributed by atoms with Crippen LogP contribution in [0.25, 0.3) is 0 Å². The van der Waals surface area contributed by atoms with Crippen LogP contribution in [0.2, 0.25) is 10.0 Å². The van der Waals surface area contributed by atoms with Gasteiger partial charge in [0.1, 0.15) is 0 Å². The largest absolute Gasteiger partial charge is 0.463 e. The first-order valence-electron chi connectivity index (χ1n) is 9.62. The Morgan fingerprint density at radius 2 is 1.90 bits per heavy atom. The van der Waals surface area contributed by atoms with Crippen LogP contribution in [0.3, 0.4) is 0 Å². The van der Waals surface area contributed by atoms with E-state index in [1.54, 1.807) is 32.2 Å². The smallest absolute Gasteiger partial charge is 0.338 e. The molecule has 0 aromatic heterocycles. The quantitative estimate of drug-likeness (QED) is 0.712. The molecular formula is C20H26Cl2N4O3. The van der Waals surface area contributed by atoms with Crippen LogP contribution in [-0.4, -0.2) is 80.1 Å². The molecule has 3 rings (SSSR count). The van der Waals surface area contributed by atoms with Crippen molar-refractivity contribution in [2.24, 2.45) is 0 Å². The highest BCUT2D eigenvalue weighted by Gasteiger charge is 2.38. The number of likely N-dealkylation sites (N-methyl/N-ethyl adjacent to an activating group) is 2. The molecule has 0 aliphatic carbocycles. The van der Waals surface area contributed by atoms with Crippen molar-refractivity contribution in [2.45, 2.75) is 13.0 Å². The SMILES string of the molecule is CCOC(=O)C1=C(CN2CCN(C)CC2)N(C)C(=O)N[C@@H]1c1ccc(Cl)cc1Cl. The third-order valence-electron chi connectivity index (χ3n) is 5.32. The number of urea groups is 1. The second-order valence-electron chi connectivity index (χ2n) is 7.27. The van der Waals surface area contributed by atoms with Gasteiger partial charge in [-0.05, 0) is 31.7 Å². The summed E-state index contributed by atoms with van der Waals surface area (Å²) in [6, 6.07) is 4.03. The van der Waals surface area contributed by atoms with Crippen molar-refractivity contribution in [3.63, 3.8) is 0 Å². The van der Waals surface area contributed by atoms with Crippen LogP contribution in [0.4, 0.5) is 4.79 Å². The van der Waals surface area contributed by atoms with Gasteiger partial charge in [-0.1, -0.05) is 29.3 Å². The average molecular weight is 441 g/mol. The summed E-state index contributed by atoms with van der Waals surface area (Å²) in [6.45, 7) is 6.06. The number of halogens is 2. The van der Waals surface area contributed by atoms with Gasteiger partial charge in [-0.25, -0.2) is 9.59 Å². The zero-order valence-corrected chi connectivity index (χ0v) is 18.4. The number of ether oxygens (including phenoxy) is 1. The number of carbonyl (C=O) groups excluding carboxylic acids is 2. The third-order valence-corrected chi connectivity index (χ3v) is 5.88. The van der Waals surface area contributed by atoms with Gasteiger partial charge < -0.3 is 15.0 Å². The highest BCUT2D eigenvalue weighted by Crippen LogP contribution is 2.36. The molecule has 1 aromatic rings. The highest BCUT2D eigenvalue weighted by molar-refractivity contribution is 6.35. The highest BCUT2D eigenvalue weighted by atomic mass is 35.5. The molecule has 29 heavy (non-hydrogen) atoms. The molecule has 1 atom stereocenters. The number of hydrogen-bond donors (Lipinski definition) is 1. The summed E-state index contributed by atoms with van der Waals surface area (Å²) < 4.78 is 5.35. The topological polar surface area (TPSA) is 65.1 Å². The Labute approximate surface area is 181 Å². The minimum absolute atomic E-state index is 0.239. The fraction of sp³-hybridized carbons (Fsp3) is 0.500. The number of rotatable bonds is 5. The van der Waals surface area contributed by atoms with E-state index in [-0.39, 0.29) is 12.6 Å². The minimum atomic E-state index is -0.704. The lowest BCUT2D eigenvalue weighted by molar-refractivity contribution is -0.139. The van der Waals surface area contributed by atoms with Gasteiger partial charge in [0.15, 0.2) is 0 Å². The molecule has 9 heteroatoms. The van der Waals surface area contributed by atoms with E-state index in [4.69, 9.17) is 27.9 Å². The lowest BCUT2D eigenvalue weighted by atomic mass is 9.94. The van der Waals surface area contributed by atoms with Crippen molar-refractivity contribution in [3.8, 4) is 0 Å². The molecule has 7 nitrogen and oxygen atoms in total. The van der Waals surface area contributed by atoms with E-state index in [2.05, 4.69) is 22.2 Å². The molecule has 1 aromatic carbocycles. The van der Waals surface area contributed by atoms with Gasteiger partial charge in [-0.2, -0.15) is 0 Å². The summed E-state index contributed by atoms with van der Waals surface area (Å²) in [7, 11) is 3.75. The summed E-state index contributed by atoms with van der Waals surface area (Å²) >= 11 is 12.4. The van der Waals surface area contributed by atoms with E-state index in [1.165, 1.54) is 4.90 Å². The van der Waals surface area contributed by atoms with Crippen LogP contribution in [0.15, 0.2) is 29.5 Å². The first-order valence-corrected chi connectivity index (χ1v) is 10.4. The lowest BCUT2D eigenvalue weighted by Gasteiger charge is -2.39. The zero-order valence-electron chi connectivity index (χ0n) is 16.9. The summed E-state index contributed by atoms with van der Waals surface area (Å²) in [5.74, 6) is -0.459. The van der Waals surface area contributed by atoms with E-state index in [0.717, 1.165) is 26.2 Å². The van der Waals surface area contributed by atoms with Gasteiger partial charge in [0.2, 0.25) is 0 Å². The summed E-state index contributed by atoms with van der Waals surface area (Å²) in [4.78, 5) is 31.7. The zero-order chi connectivity index (χ0) is 21.1. The number of esters is 1. The molecular weight excluding hydrogens is 415 g/mol. The Morgan fingerprint density at radius 1 is 1.21 bits per heavy atom. The molecule has 2 aliphatic rings. The van der Waals surface area contributed by atoms with Gasteiger partial charge >= 0.3 is 12.0 Å². The molecule has 158 valence electrons. The van der Waals surface area contributed by atoms with Crippen LogP contribution in [0.5, 0.6) is 0 Å². The summed E-state index contributed by atoms with van der Waals surface area (Å²) in [5, 5.41) is 3.75. The van der Waals surface area contributed by atoms with Crippen LogP contribution >= 0.6 is 23.2 Å². The van der Waals surface area contributed by atoms with Gasteiger partial charge in [0.25, 0.3) is 0 Å². The Bertz CT molecular complexity index is 822. The molecule has 0 bridgehead atoms. The van der Waals surface area contributed by atoms with Crippen LogP contribution in [-0.2, 0) is 9.53 Å². The minimum Gasteiger partial charge on any atom is -0.463 e. The maximum absolute atomic E-state index is 13.0. The Hall–Kier alpha value is -1.80. The van der Waals surface area contributed by atoms with E-state index >= 15 is 0 Å². The number of carbonyl (C=O) groups is 2. The lowest BCUT2D eigenvalue weighted by Crippen LogP contribution is -2.51. The molecule has 2 amide bonds. The van der Waals surface area contributed by atoms with Crippen molar-refractivity contribution < 1.29 is 14.3 Å². The molecule has 2 aliphatic heterocycles. The second-order valence-corrected chi connectivity index (χ2v) is 8.11. The van der Waals surface area contributed by atoms with E-state index in [1.807, 2.05) is 0 Å². The molecule has 1 fully saturated rings. The molecule has 0 spiro atoms. The van der Waals surface area contributed by atoms with Gasteiger partial charge in [0.05, 0.1) is 18.2 Å². The second kappa shape index (κ2) is 9.34. The normalized spacial score (nSPS) is 21.3. The fourth-order valence-corrected chi connectivity index (χ4v) is 4.10. The average Bonchev–Trinajstić information content (AvgIpc) is 2.67. The van der Waals surface area contributed by atoms with Crippen LogP contribution in [0.1, 0.15) is 18.5 Å². The summed E-state index contributed by atoms with van der Waals surface area (Å²) in [5.41, 5.74) is 1.64. The van der Waals surface area contributed by atoms with Crippen molar-refractivity contribution in [2.75, 3.05) is 53.4 Å². The van der Waals surface area contributed by atoms with Gasteiger partial charge in [0, 0.05) is 55.5 Å². The number of piperazine rings is 1. The number of amides is 2. The summed E-state index contributed by atoms with van der Waals surface area (Å²) in [6.07, 6.45) is 0. The number of hydrogen-bond acceptors (Lipinski definition) is 5. The van der Waals surface area contributed by atoms with Gasteiger partial charge in [-0.15, -0.1) is 0 Å². The van der Waals surface area contributed by atoms with E-state index in [9.17, 15) is 9.59 Å². The molecule has 0 saturated carbocycles. The third kappa shape index (κ3) is 4.86.